The van der Waals surface area contributed by atoms with Gasteiger partial charge in [0, 0.05) is 37.7 Å². The number of nitrogens with zero attached hydrogens (tertiary/aromatic N) is 2. The maximum Gasteiger partial charge on any atom is 0.251 e. The van der Waals surface area contributed by atoms with Gasteiger partial charge in [0.25, 0.3) is 5.91 Å². The van der Waals surface area contributed by atoms with Crippen LogP contribution < -0.4 is 5.32 Å². The molecule has 29 heavy (non-hydrogen) atoms. The van der Waals surface area contributed by atoms with Gasteiger partial charge < -0.3 is 10.1 Å². The van der Waals surface area contributed by atoms with Crippen LogP contribution in [0.2, 0.25) is 0 Å². The summed E-state index contributed by atoms with van der Waals surface area (Å²) in [7, 11) is 0. The average Bonchev–Trinajstić information content (AvgIpc) is 3.24. The zero-order chi connectivity index (χ0) is 20.5. The lowest BCUT2D eigenvalue weighted by Gasteiger charge is -2.12. The molecule has 0 aliphatic carbocycles. The highest BCUT2D eigenvalue weighted by Gasteiger charge is 2.12. The maximum absolute atomic E-state index is 12.7. The number of ether oxygens (including phenoxy) is 1. The Hall–Kier alpha value is -2.92. The Morgan fingerprint density at radius 3 is 2.62 bits per heavy atom. The Balaban J connectivity index is 1.60. The first kappa shape index (κ1) is 20.8. The molecule has 0 aliphatic rings. The molecule has 152 valence electrons. The van der Waals surface area contributed by atoms with Crippen LogP contribution in [0.5, 0.6) is 0 Å². The van der Waals surface area contributed by atoms with Crippen molar-refractivity contribution < 1.29 is 9.53 Å². The van der Waals surface area contributed by atoms with Gasteiger partial charge in [0.1, 0.15) is 0 Å². The number of hydrogen-bond acceptors (Lipinski definition) is 3. The van der Waals surface area contributed by atoms with E-state index >= 15 is 0 Å². The van der Waals surface area contributed by atoms with E-state index in [0.717, 1.165) is 30.7 Å². The molecular formula is C24H29N3O2. The van der Waals surface area contributed by atoms with Gasteiger partial charge in [-0.2, -0.15) is 5.10 Å². The third-order valence-corrected chi connectivity index (χ3v) is 4.54. The van der Waals surface area contributed by atoms with Crippen LogP contribution in [0.1, 0.15) is 36.2 Å². The van der Waals surface area contributed by atoms with E-state index in [-0.39, 0.29) is 5.91 Å². The zero-order valence-electron chi connectivity index (χ0n) is 17.2. The van der Waals surface area contributed by atoms with Crippen molar-refractivity contribution in [3.63, 3.8) is 0 Å². The number of aromatic nitrogens is 2. The quantitative estimate of drug-likeness (QED) is 0.522. The minimum atomic E-state index is -0.0509. The fourth-order valence-electron chi connectivity index (χ4n) is 3.09. The molecule has 0 aliphatic heterocycles. The molecule has 0 bridgehead atoms. The Labute approximate surface area is 172 Å². The summed E-state index contributed by atoms with van der Waals surface area (Å²) in [5.41, 5.74) is 3.82. The predicted octanol–water partition coefficient (Wildman–Crippen LogP) is 4.39. The molecule has 1 aromatic heterocycles. The molecule has 5 heteroatoms. The van der Waals surface area contributed by atoms with Crippen molar-refractivity contribution in [2.45, 2.75) is 26.8 Å². The highest BCUT2D eigenvalue weighted by Crippen LogP contribution is 2.24. The SMILES string of the molecule is CC(C)COCCCNC(=O)c1ccccc1-c1ccc(Cn2cccn2)cc1. The predicted molar refractivity (Wildman–Crippen MR) is 116 cm³/mol. The van der Waals surface area contributed by atoms with Gasteiger partial charge in [-0.15, -0.1) is 0 Å². The van der Waals surface area contributed by atoms with Gasteiger partial charge in [-0.05, 0) is 41.2 Å². The number of hydrogen-bond donors (Lipinski definition) is 1. The number of amides is 1. The summed E-state index contributed by atoms with van der Waals surface area (Å²) in [5.74, 6) is 0.479. The molecule has 0 spiro atoms. The fraction of sp³-hybridized carbons (Fsp3) is 0.333. The van der Waals surface area contributed by atoms with Gasteiger partial charge in [0.15, 0.2) is 0 Å². The van der Waals surface area contributed by atoms with Crippen LogP contribution in [-0.4, -0.2) is 35.4 Å². The second-order valence-corrected chi connectivity index (χ2v) is 7.52. The van der Waals surface area contributed by atoms with Crippen molar-refractivity contribution in [3.8, 4) is 11.1 Å². The van der Waals surface area contributed by atoms with Gasteiger partial charge in [0.05, 0.1) is 6.54 Å². The van der Waals surface area contributed by atoms with E-state index in [2.05, 4.69) is 48.5 Å². The molecular weight excluding hydrogens is 362 g/mol. The second kappa shape index (κ2) is 10.6. The van der Waals surface area contributed by atoms with Crippen molar-refractivity contribution in [3.05, 3.63) is 78.1 Å². The summed E-state index contributed by atoms with van der Waals surface area (Å²) in [5, 5.41) is 7.25. The Bertz CT molecular complexity index is 887. The highest BCUT2D eigenvalue weighted by atomic mass is 16.5. The van der Waals surface area contributed by atoms with E-state index in [1.165, 1.54) is 5.56 Å². The zero-order valence-corrected chi connectivity index (χ0v) is 17.2. The van der Waals surface area contributed by atoms with Crippen LogP contribution >= 0.6 is 0 Å². The van der Waals surface area contributed by atoms with Crippen LogP contribution in [0.25, 0.3) is 11.1 Å². The van der Waals surface area contributed by atoms with Crippen molar-refractivity contribution in [2.75, 3.05) is 19.8 Å². The molecule has 2 aromatic carbocycles. The summed E-state index contributed by atoms with van der Waals surface area (Å²) in [6.07, 6.45) is 4.53. The maximum atomic E-state index is 12.7. The van der Waals surface area contributed by atoms with Gasteiger partial charge >= 0.3 is 0 Å². The summed E-state index contributed by atoms with van der Waals surface area (Å²) in [6.45, 7) is 7.01. The largest absolute Gasteiger partial charge is 0.381 e. The topological polar surface area (TPSA) is 56.1 Å². The van der Waals surface area contributed by atoms with Crippen LogP contribution in [0.3, 0.4) is 0 Å². The number of rotatable bonds is 10. The van der Waals surface area contributed by atoms with E-state index in [1.54, 1.807) is 6.20 Å². The minimum Gasteiger partial charge on any atom is -0.381 e. The molecule has 0 atom stereocenters. The van der Waals surface area contributed by atoms with Crippen LogP contribution in [0.15, 0.2) is 67.0 Å². The van der Waals surface area contributed by atoms with Crippen LogP contribution in [0.4, 0.5) is 0 Å². The third kappa shape index (κ3) is 6.29. The molecule has 0 fully saturated rings. The Kier molecular flexibility index (Phi) is 7.59. The number of carbonyl (C=O) groups is 1. The lowest BCUT2D eigenvalue weighted by molar-refractivity contribution is 0.0925. The fourth-order valence-corrected chi connectivity index (χ4v) is 3.09. The first-order chi connectivity index (χ1) is 14.1. The van der Waals surface area contributed by atoms with E-state index in [4.69, 9.17) is 4.74 Å². The van der Waals surface area contributed by atoms with E-state index in [1.807, 2.05) is 41.2 Å². The molecule has 0 unspecified atom stereocenters. The molecule has 1 amide bonds. The lowest BCUT2D eigenvalue weighted by Crippen LogP contribution is -2.26. The number of nitrogens with one attached hydrogen (secondary N) is 1. The van der Waals surface area contributed by atoms with Gasteiger partial charge in [0.2, 0.25) is 0 Å². The Morgan fingerprint density at radius 2 is 1.90 bits per heavy atom. The average molecular weight is 392 g/mol. The molecule has 3 aromatic rings. The van der Waals surface area contributed by atoms with Gasteiger partial charge in [-0.1, -0.05) is 56.3 Å². The van der Waals surface area contributed by atoms with Crippen LogP contribution in [0, 0.1) is 5.92 Å². The minimum absolute atomic E-state index is 0.0509. The van der Waals surface area contributed by atoms with Crippen molar-refractivity contribution in [1.82, 2.24) is 15.1 Å². The lowest BCUT2D eigenvalue weighted by atomic mass is 9.98. The van der Waals surface area contributed by atoms with Crippen molar-refractivity contribution >= 4 is 5.91 Å². The van der Waals surface area contributed by atoms with E-state index in [0.29, 0.717) is 24.6 Å². The highest BCUT2D eigenvalue weighted by molar-refractivity contribution is 6.00. The smallest absolute Gasteiger partial charge is 0.251 e. The molecule has 1 heterocycles. The summed E-state index contributed by atoms with van der Waals surface area (Å²) in [4.78, 5) is 12.7. The van der Waals surface area contributed by atoms with Crippen LogP contribution in [-0.2, 0) is 11.3 Å². The molecule has 0 saturated heterocycles. The molecule has 0 radical (unpaired) electrons. The van der Waals surface area contributed by atoms with E-state index < -0.39 is 0 Å². The number of carbonyl (C=O) groups excluding carboxylic acids is 1. The third-order valence-electron chi connectivity index (χ3n) is 4.54. The summed E-state index contributed by atoms with van der Waals surface area (Å²) in [6, 6.07) is 17.9. The Morgan fingerprint density at radius 1 is 1.10 bits per heavy atom. The van der Waals surface area contributed by atoms with Crippen molar-refractivity contribution in [2.24, 2.45) is 5.92 Å². The standard InChI is InChI=1S/C24H29N3O2/c1-19(2)18-29-16-6-13-25-24(28)23-8-4-3-7-22(23)21-11-9-20(10-12-21)17-27-15-5-14-26-27/h3-5,7-12,14-15,19H,6,13,16-18H2,1-2H3,(H,25,28). The normalized spacial score (nSPS) is 11.0. The number of benzene rings is 2. The first-order valence-electron chi connectivity index (χ1n) is 10.1. The molecule has 5 nitrogen and oxygen atoms in total. The van der Waals surface area contributed by atoms with E-state index in [9.17, 15) is 4.79 Å². The van der Waals surface area contributed by atoms with Crippen molar-refractivity contribution in [1.29, 1.82) is 0 Å². The van der Waals surface area contributed by atoms with Gasteiger partial charge in [-0.25, -0.2) is 0 Å². The molecule has 3 rings (SSSR count). The molecule has 0 saturated carbocycles. The summed E-state index contributed by atoms with van der Waals surface area (Å²) >= 11 is 0. The second-order valence-electron chi connectivity index (χ2n) is 7.52. The molecule has 1 N–H and O–H groups in total. The monoisotopic (exact) mass is 391 g/mol. The van der Waals surface area contributed by atoms with Gasteiger partial charge in [-0.3, -0.25) is 9.48 Å². The summed E-state index contributed by atoms with van der Waals surface area (Å²) < 4.78 is 7.46. The first-order valence-corrected chi connectivity index (χ1v) is 10.1.